The summed E-state index contributed by atoms with van der Waals surface area (Å²) < 4.78 is 17.3. The highest BCUT2D eigenvalue weighted by Crippen LogP contribution is 2.22. The van der Waals surface area contributed by atoms with Crippen LogP contribution >= 0.6 is 0 Å². The van der Waals surface area contributed by atoms with E-state index in [9.17, 15) is 4.79 Å². The minimum absolute atomic E-state index is 0.160. The number of hydrogen-bond donors (Lipinski definition) is 0. The Morgan fingerprint density at radius 2 is 1.64 bits per heavy atom. The molecule has 0 aliphatic heterocycles. The van der Waals surface area contributed by atoms with Gasteiger partial charge in [-0.05, 0) is 37.1 Å². The van der Waals surface area contributed by atoms with E-state index in [-0.39, 0.29) is 12.7 Å². The standard InChI is InChI=1S/C24H24O4/c1-18(2)21-15-9-10-16-22(21)28-24(27-20-13-7-4-8-14-20)23(25)26-17-19-11-5-3-6-12-19/h3-16,22,24H,17H2,1-2H3. The van der Waals surface area contributed by atoms with Crippen molar-refractivity contribution in [1.82, 2.24) is 0 Å². The second-order valence-electron chi connectivity index (χ2n) is 6.61. The van der Waals surface area contributed by atoms with Crippen LogP contribution in [-0.2, 0) is 20.9 Å². The van der Waals surface area contributed by atoms with E-state index < -0.39 is 12.3 Å². The van der Waals surface area contributed by atoms with Crippen molar-refractivity contribution < 1.29 is 19.0 Å². The average Bonchev–Trinajstić information content (AvgIpc) is 2.73. The molecule has 0 bridgehead atoms. The zero-order valence-electron chi connectivity index (χ0n) is 16.1. The van der Waals surface area contributed by atoms with Gasteiger partial charge in [-0.15, -0.1) is 0 Å². The second-order valence-corrected chi connectivity index (χ2v) is 6.61. The first-order chi connectivity index (χ1) is 13.6. The van der Waals surface area contributed by atoms with Gasteiger partial charge in [-0.3, -0.25) is 0 Å². The minimum Gasteiger partial charge on any atom is -0.456 e. The maximum Gasteiger partial charge on any atom is 0.376 e. The summed E-state index contributed by atoms with van der Waals surface area (Å²) in [5, 5.41) is 0. The first kappa shape index (κ1) is 19.6. The lowest BCUT2D eigenvalue weighted by Crippen LogP contribution is -2.36. The molecule has 2 unspecified atom stereocenters. The Balaban J connectivity index is 1.74. The van der Waals surface area contributed by atoms with Crippen LogP contribution in [0.1, 0.15) is 19.4 Å². The number of esters is 1. The molecule has 28 heavy (non-hydrogen) atoms. The number of para-hydroxylation sites is 1. The van der Waals surface area contributed by atoms with Crippen molar-refractivity contribution in [2.45, 2.75) is 32.8 Å². The lowest BCUT2D eigenvalue weighted by atomic mass is 10.0. The molecule has 0 spiro atoms. The fourth-order valence-electron chi connectivity index (χ4n) is 2.78. The minimum atomic E-state index is -1.18. The molecule has 0 heterocycles. The smallest absolute Gasteiger partial charge is 0.376 e. The molecule has 0 amide bonds. The van der Waals surface area contributed by atoms with Crippen LogP contribution in [0.25, 0.3) is 0 Å². The molecule has 4 nitrogen and oxygen atoms in total. The third-order valence-electron chi connectivity index (χ3n) is 4.23. The average molecular weight is 376 g/mol. The number of rotatable bonds is 7. The van der Waals surface area contributed by atoms with Crippen molar-refractivity contribution in [2.75, 3.05) is 0 Å². The SMILES string of the molecule is CC(C)=C1C=CC=CC1OC(Oc1ccccc1)C(=O)OCc1ccccc1. The van der Waals surface area contributed by atoms with Crippen molar-refractivity contribution >= 4 is 5.97 Å². The quantitative estimate of drug-likeness (QED) is 0.505. The van der Waals surface area contributed by atoms with E-state index in [1.165, 1.54) is 0 Å². The summed E-state index contributed by atoms with van der Waals surface area (Å²) in [5.41, 5.74) is 3.02. The topological polar surface area (TPSA) is 44.8 Å². The lowest BCUT2D eigenvalue weighted by Gasteiger charge is -2.25. The largest absolute Gasteiger partial charge is 0.456 e. The zero-order chi connectivity index (χ0) is 19.8. The summed E-state index contributed by atoms with van der Waals surface area (Å²) in [5.74, 6) is -0.0259. The first-order valence-electron chi connectivity index (χ1n) is 9.23. The number of carbonyl (C=O) groups is 1. The van der Waals surface area contributed by atoms with Crippen LogP contribution in [0.5, 0.6) is 5.75 Å². The highest BCUT2D eigenvalue weighted by Gasteiger charge is 2.28. The van der Waals surface area contributed by atoms with Gasteiger partial charge in [-0.2, -0.15) is 0 Å². The first-order valence-corrected chi connectivity index (χ1v) is 9.23. The summed E-state index contributed by atoms with van der Waals surface area (Å²) in [6.07, 6.45) is 6.16. The van der Waals surface area contributed by atoms with Crippen LogP contribution in [0.2, 0.25) is 0 Å². The molecule has 0 N–H and O–H groups in total. The lowest BCUT2D eigenvalue weighted by molar-refractivity contribution is -0.181. The second kappa shape index (κ2) is 9.72. The molecule has 1 aliphatic carbocycles. The Hall–Kier alpha value is -3.11. The van der Waals surface area contributed by atoms with Crippen LogP contribution in [0, 0.1) is 0 Å². The van der Waals surface area contributed by atoms with E-state index in [0.717, 1.165) is 16.7 Å². The summed E-state index contributed by atoms with van der Waals surface area (Å²) in [4.78, 5) is 12.7. The van der Waals surface area contributed by atoms with E-state index in [1.54, 1.807) is 12.1 Å². The normalized spacial score (nSPS) is 16.5. The molecule has 0 saturated heterocycles. The fraction of sp³-hybridized carbons (Fsp3) is 0.208. The van der Waals surface area contributed by atoms with E-state index in [0.29, 0.717) is 5.75 Å². The summed E-state index contributed by atoms with van der Waals surface area (Å²) in [7, 11) is 0. The molecule has 0 aromatic heterocycles. The van der Waals surface area contributed by atoms with Gasteiger partial charge in [-0.1, -0.05) is 78.4 Å². The Morgan fingerprint density at radius 3 is 2.32 bits per heavy atom. The summed E-state index contributed by atoms with van der Waals surface area (Å²) in [6, 6.07) is 18.6. The number of hydrogen-bond acceptors (Lipinski definition) is 4. The Bertz CT molecular complexity index is 862. The van der Waals surface area contributed by atoms with E-state index in [1.807, 2.05) is 86.7 Å². The van der Waals surface area contributed by atoms with Gasteiger partial charge >= 0.3 is 5.97 Å². The van der Waals surface area contributed by atoms with Crippen molar-refractivity contribution in [3.63, 3.8) is 0 Å². The highest BCUT2D eigenvalue weighted by molar-refractivity contribution is 5.73. The van der Waals surface area contributed by atoms with E-state index >= 15 is 0 Å². The van der Waals surface area contributed by atoms with E-state index in [2.05, 4.69) is 0 Å². The van der Waals surface area contributed by atoms with Gasteiger partial charge < -0.3 is 14.2 Å². The number of benzene rings is 2. The van der Waals surface area contributed by atoms with Gasteiger partial charge in [0.1, 0.15) is 18.5 Å². The molecule has 0 radical (unpaired) electrons. The van der Waals surface area contributed by atoms with Crippen LogP contribution in [0.3, 0.4) is 0 Å². The Kier molecular flexibility index (Phi) is 6.82. The van der Waals surface area contributed by atoms with Crippen molar-refractivity contribution in [1.29, 1.82) is 0 Å². The maximum absolute atomic E-state index is 12.7. The van der Waals surface area contributed by atoms with Gasteiger partial charge in [0.25, 0.3) is 6.29 Å². The maximum atomic E-state index is 12.7. The molecular weight excluding hydrogens is 352 g/mol. The van der Waals surface area contributed by atoms with Crippen LogP contribution in [-0.4, -0.2) is 18.4 Å². The molecule has 3 rings (SSSR count). The van der Waals surface area contributed by atoms with Crippen LogP contribution < -0.4 is 4.74 Å². The van der Waals surface area contributed by atoms with Crippen molar-refractivity contribution in [3.05, 3.63) is 102 Å². The third kappa shape index (κ3) is 5.44. The van der Waals surface area contributed by atoms with Gasteiger partial charge in [0.15, 0.2) is 0 Å². The molecule has 144 valence electrons. The monoisotopic (exact) mass is 376 g/mol. The number of carbonyl (C=O) groups excluding carboxylic acids is 1. The highest BCUT2D eigenvalue weighted by atomic mass is 16.7. The Labute approximate surface area is 165 Å². The van der Waals surface area contributed by atoms with Crippen molar-refractivity contribution in [3.8, 4) is 5.75 Å². The van der Waals surface area contributed by atoms with Gasteiger partial charge in [0.2, 0.25) is 0 Å². The summed E-state index contributed by atoms with van der Waals surface area (Å²) in [6.45, 7) is 4.18. The molecule has 0 saturated carbocycles. The third-order valence-corrected chi connectivity index (χ3v) is 4.23. The van der Waals surface area contributed by atoms with E-state index in [4.69, 9.17) is 14.2 Å². The Morgan fingerprint density at radius 1 is 0.964 bits per heavy atom. The number of allylic oxidation sites excluding steroid dienone is 3. The van der Waals surface area contributed by atoms with Crippen LogP contribution in [0.15, 0.2) is 96.1 Å². The fourth-order valence-corrected chi connectivity index (χ4v) is 2.78. The molecule has 2 atom stereocenters. The zero-order valence-corrected chi connectivity index (χ0v) is 16.1. The van der Waals surface area contributed by atoms with Gasteiger partial charge in [0, 0.05) is 0 Å². The molecule has 0 fully saturated rings. The predicted molar refractivity (Wildman–Crippen MR) is 109 cm³/mol. The predicted octanol–water partition coefficient (Wildman–Crippen LogP) is 4.98. The number of ether oxygens (including phenoxy) is 3. The van der Waals surface area contributed by atoms with Gasteiger partial charge in [0.05, 0.1) is 0 Å². The molecule has 2 aromatic carbocycles. The van der Waals surface area contributed by atoms with Crippen LogP contribution in [0.4, 0.5) is 0 Å². The summed E-state index contributed by atoms with van der Waals surface area (Å²) >= 11 is 0. The van der Waals surface area contributed by atoms with Gasteiger partial charge in [-0.25, -0.2) is 4.79 Å². The molecular formula is C24H24O4. The molecule has 2 aromatic rings. The van der Waals surface area contributed by atoms with Crippen molar-refractivity contribution in [2.24, 2.45) is 0 Å². The molecule has 1 aliphatic rings. The molecule has 4 heteroatoms.